The number of amides is 1. The molecule has 0 aliphatic rings. The van der Waals surface area contributed by atoms with E-state index < -0.39 is 11.9 Å². The summed E-state index contributed by atoms with van der Waals surface area (Å²) in [4.78, 5) is 19.4. The minimum Gasteiger partial charge on any atom is -0.497 e. The summed E-state index contributed by atoms with van der Waals surface area (Å²) in [6, 6.07) is 11.8. The number of anilines is 2. The molecule has 10 nitrogen and oxygen atoms in total. The van der Waals surface area contributed by atoms with Crippen molar-refractivity contribution in [3.8, 4) is 28.3 Å². The maximum absolute atomic E-state index is 15.6. The van der Waals surface area contributed by atoms with Crippen molar-refractivity contribution in [2.45, 2.75) is 19.5 Å². The van der Waals surface area contributed by atoms with Crippen LogP contribution < -0.4 is 20.7 Å². The first kappa shape index (κ1) is 25.7. The molecular formula is C25H25ClFN7O3. The van der Waals surface area contributed by atoms with Crippen LogP contribution in [0.1, 0.15) is 12.5 Å². The number of nitrogens with zero attached hydrogens (tertiary/aromatic N) is 3. The summed E-state index contributed by atoms with van der Waals surface area (Å²) in [6.45, 7) is 2.37. The molecule has 0 aliphatic carbocycles. The molecule has 4 aromatic rings. The molecule has 192 valence electrons. The summed E-state index contributed by atoms with van der Waals surface area (Å²) in [5.74, 6) is 0.530. The number of hydrogen-bond donors (Lipinski definition) is 5. The van der Waals surface area contributed by atoms with Gasteiger partial charge in [0.15, 0.2) is 5.82 Å². The van der Waals surface area contributed by atoms with E-state index in [4.69, 9.17) is 21.4 Å². The van der Waals surface area contributed by atoms with Gasteiger partial charge in [-0.25, -0.2) is 19.2 Å². The van der Waals surface area contributed by atoms with Crippen LogP contribution in [-0.4, -0.2) is 51.1 Å². The topological polar surface area (TPSA) is 137 Å². The van der Waals surface area contributed by atoms with Crippen molar-refractivity contribution in [1.82, 2.24) is 25.5 Å². The van der Waals surface area contributed by atoms with E-state index in [-0.39, 0.29) is 29.8 Å². The summed E-state index contributed by atoms with van der Waals surface area (Å²) in [7, 11) is 1.60. The average Bonchev–Trinajstić information content (AvgIpc) is 3.38. The number of H-pyrrole nitrogens is 1. The lowest BCUT2D eigenvalue weighted by Crippen LogP contribution is -2.36. The van der Waals surface area contributed by atoms with Crippen molar-refractivity contribution < 1.29 is 19.0 Å². The van der Waals surface area contributed by atoms with Gasteiger partial charge in [-0.05, 0) is 42.8 Å². The van der Waals surface area contributed by atoms with Crippen LogP contribution in [0.4, 0.5) is 20.8 Å². The van der Waals surface area contributed by atoms with Gasteiger partial charge in [-0.1, -0.05) is 23.7 Å². The Morgan fingerprint density at radius 1 is 1.19 bits per heavy atom. The largest absolute Gasteiger partial charge is 0.497 e. The van der Waals surface area contributed by atoms with Gasteiger partial charge < -0.3 is 25.8 Å². The molecule has 1 unspecified atom stereocenters. The lowest BCUT2D eigenvalue weighted by molar-refractivity contribution is 0.191. The standard InChI is InChI=1S/C25H25ClFN7O3/c1-14(32-25(35)36)11-30-24-28-8-7-20(33-24)19-13-31-34-23(19)18-9-16(26)10-21(22(18)27)29-12-15-3-5-17(37-2)6-4-15/h3-10,13-14,29,32H,11-12H2,1-2H3,(H,31,34)(H,35,36)(H,28,30,33). The number of aromatic amines is 1. The highest BCUT2D eigenvalue weighted by Gasteiger charge is 2.19. The molecule has 0 aliphatic heterocycles. The second-order valence-electron chi connectivity index (χ2n) is 8.17. The number of ether oxygens (including phenoxy) is 1. The molecule has 2 aromatic carbocycles. The Morgan fingerprint density at radius 3 is 2.70 bits per heavy atom. The van der Waals surface area contributed by atoms with Gasteiger partial charge in [-0.3, -0.25) is 5.10 Å². The number of aromatic nitrogens is 4. The maximum Gasteiger partial charge on any atom is 0.404 e. The fourth-order valence-corrected chi connectivity index (χ4v) is 3.84. The van der Waals surface area contributed by atoms with Crippen LogP contribution in [0.5, 0.6) is 5.75 Å². The van der Waals surface area contributed by atoms with Gasteiger partial charge in [-0.15, -0.1) is 0 Å². The van der Waals surface area contributed by atoms with E-state index in [1.54, 1.807) is 32.5 Å². The summed E-state index contributed by atoms with van der Waals surface area (Å²) in [5, 5.41) is 24.6. The SMILES string of the molecule is COc1ccc(CNc2cc(Cl)cc(-c3[nH]ncc3-c3ccnc(NCC(C)NC(=O)O)n3)c2F)cc1. The van der Waals surface area contributed by atoms with Crippen LogP contribution in [0.25, 0.3) is 22.5 Å². The summed E-state index contributed by atoms with van der Waals surface area (Å²) >= 11 is 6.35. The third-order valence-electron chi connectivity index (χ3n) is 5.46. The second kappa shape index (κ2) is 11.6. The molecule has 0 spiro atoms. The van der Waals surface area contributed by atoms with E-state index in [0.717, 1.165) is 11.3 Å². The zero-order chi connectivity index (χ0) is 26.4. The molecule has 37 heavy (non-hydrogen) atoms. The molecule has 0 saturated carbocycles. The molecule has 0 radical (unpaired) electrons. The van der Waals surface area contributed by atoms with E-state index >= 15 is 4.39 Å². The van der Waals surface area contributed by atoms with Gasteiger partial charge in [0.05, 0.1) is 30.4 Å². The first-order valence-corrected chi connectivity index (χ1v) is 11.7. The van der Waals surface area contributed by atoms with Crippen LogP contribution in [-0.2, 0) is 6.54 Å². The van der Waals surface area contributed by atoms with E-state index in [2.05, 4.69) is 36.1 Å². The molecular weight excluding hydrogens is 501 g/mol. The Hall–Kier alpha value is -4.38. The fourth-order valence-electron chi connectivity index (χ4n) is 3.63. The summed E-state index contributed by atoms with van der Waals surface area (Å²) in [5.41, 5.74) is 2.85. The lowest BCUT2D eigenvalue weighted by Gasteiger charge is -2.14. The first-order valence-electron chi connectivity index (χ1n) is 11.3. The fraction of sp³-hybridized carbons (Fsp3) is 0.200. The van der Waals surface area contributed by atoms with Crippen LogP contribution in [0.2, 0.25) is 5.02 Å². The molecule has 1 amide bonds. The third-order valence-corrected chi connectivity index (χ3v) is 5.67. The second-order valence-corrected chi connectivity index (χ2v) is 8.61. The van der Waals surface area contributed by atoms with Gasteiger partial charge in [0.25, 0.3) is 0 Å². The third kappa shape index (κ3) is 6.44. The van der Waals surface area contributed by atoms with Crippen molar-refractivity contribution in [2.75, 3.05) is 24.3 Å². The number of halogens is 2. The minimum absolute atomic E-state index is 0.227. The van der Waals surface area contributed by atoms with E-state index in [1.165, 1.54) is 12.1 Å². The molecule has 0 fully saturated rings. The van der Waals surface area contributed by atoms with Crippen molar-refractivity contribution in [3.05, 3.63) is 71.3 Å². The number of rotatable bonds is 10. The Morgan fingerprint density at radius 2 is 1.97 bits per heavy atom. The molecule has 1 atom stereocenters. The normalized spacial score (nSPS) is 11.6. The van der Waals surface area contributed by atoms with Crippen LogP contribution in [0.15, 0.2) is 54.9 Å². The van der Waals surface area contributed by atoms with Crippen LogP contribution in [0, 0.1) is 5.82 Å². The Labute approximate surface area is 217 Å². The molecule has 4 rings (SSSR count). The number of nitrogens with one attached hydrogen (secondary N) is 4. The monoisotopic (exact) mass is 525 g/mol. The summed E-state index contributed by atoms with van der Waals surface area (Å²) in [6.07, 6.45) is 1.97. The highest BCUT2D eigenvalue weighted by Crippen LogP contribution is 2.36. The van der Waals surface area contributed by atoms with Gasteiger partial charge in [-0.2, -0.15) is 5.10 Å². The Balaban J connectivity index is 1.56. The van der Waals surface area contributed by atoms with E-state index in [1.807, 2.05) is 24.3 Å². The number of methoxy groups -OCH3 is 1. The van der Waals surface area contributed by atoms with Gasteiger partial charge in [0.1, 0.15) is 5.75 Å². The molecule has 0 bridgehead atoms. The number of benzene rings is 2. The Kier molecular flexibility index (Phi) is 8.04. The first-order chi connectivity index (χ1) is 17.8. The molecule has 12 heteroatoms. The molecule has 0 saturated heterocycles. The molecule has 2 aromatic heterocycles. The predicted molar refractivity (Wildman–Crippen MR) is 139 cm³/mol. The maximum atomic E-state index is 15.6. The highest BCUT2D eigenvalue weighted by atomic mass is 35.5. The zero-order valence-corrected chi connectivity index (χ0v) is 20.8. The summed E-state index contributed by atoms with van der Waals surface area (Å²) < 4.78 is 20.8. The lowest BCUT2D eigenvalue weighted by atomic mass is 10.0. The van der Waals surface area contributed by atoms with Gasteiger partial charge in [0.2, 0.25) is 5.95 Å². The molecule has 2 heterocycles. The van der Waals surface area contributed by atoms with Crippen LogP contribution in [0.3, 0.4) is 0 Å². The number of carboxylic acid groups (broad SMARTS) is 1. The van der Waals surface area contributed by atoms with Crippen molar-refractivity contribution in [3.63, 3.8) is 0 Å². The Bertz CT molecular complexity index is 1380. The highest BCUT2D eigenvalue weighted by molar-refractivity contribution is 6.31. The number of hydrogen-bond acceptors (Lipinski definition) is 7. The van der Waals surface area contributed by atoms with Crippen molar-refractivity contribution >= 4 is 29.3 Å². The number of carbonyl (C=O) groups is 1. The van der Waals surface area contributed by atoms with Gasteiger partial charge in [0, 0.05) is 41.5 Å². The molecule has 5 N–H and O–H groups in total. The van der Waals surface area contributed by atoms with Crippen molar-refractivity contribution in [1.29, 1.82) is 0 Å². The van der Waals surface area contributed by atoms with E-state index in [9.17, 15) is 4.79 Å². The minimum atomic E-state index is -1.12. The quantitative estimate of drug-likeness (QED) is 0.195. The van der Waals surface area contributed by atoms with Gasteiger partial charge >= 0.3 is 6.09 Å². The zero-order valence-electron chi connectivity index (χ0n) is 20.0. The van der Waals surface area contributed by atoms with Crippen molar-refractivity contribution in [2.24, 2.45) is 0 Å². The smallest absolute Gasteiger partial charge is 0.404 e. The van der Waals surface area contributed by atoms with Crippen LogP contribution >= 0.6 is 11.6 Å². The van der Waals surface area contributed by atoms with E-state index in [0.29, 0.717) is 28.5 Å². The average molecular weight is 526 g/mol. The predicted octanol–water partition coefficient (Wildman–Crippen LogP) is 5.01.